The average molecular weight is 347 g/mol. The van der Waals surface area contributed by atoms with E-state index in [1.807, 2.05) is 0 Å². The van der Waals surface area contributed by atoms with Crippen LogP contribution in [0, 0.1) is 0 Å². The molecule has 1 N–H and O–H groups in total. The molecule has 0 aromatic heterocycles. The zero-order valence-electron chi connectivity index (χ0n) is 14.0. The Hall–Kier alpha value is -1.53. The van der Waals surface area contributed by atoms with Crippen molar-refractivity contribution in [3.8, 4) is 0 Å². The summed E-state index contributed by atoms with van der Waals surface area (Å²) in [6.45, 7) is 4.09. The summed E-state index contributed by atoms with van der Waals surface area (Å²) in [5.74, 6) is 1.07. The first-order valence-electron chi connectivity index (χ1n) is 8.63. The molecule has 0 bridgehead atoms. The normalized spacial score (nSPS) is 18.8. The first kappa shape index (κ1) is 17.3. The van der Waals surface area contributed by atoms with Crippen LogP contribution >= 0.6 is 11.8 Å². The molecule has 1 aromatic carbocycles. The maximum absolute atomic E-state index is 11.9. The summed E-state index contributed by atoms with van der Waals surface area (Å²) in [7, 11) is 0. The highest BCUT2D eigenvalue weighted by molar-refractivity contribution is 8.00. The molecule has 0 unspecified atom stereocenters. The molecule has 1 aromatic rings. The van der Waals surface area contributed by atoms with E-state index in [9.17, 15) is 9.59 Å². The molecule has 0 aliphatic carbocycles. The standard InChI is InChI=1S/C18H25N3O2S/c22-17(12-21-14-24-13-18(21)23)19-10-15-4-6-16(7-5-15)11-20-8-2-1-3-9-20/h4-7H,1-3,8-14H2,(H,19,22). The van der Waals surface area contributed by atoms with Crippen molar-refractivity contribution in [2.75, 3.05) is 31.3 Å². The smallest absolute Gasteiger partial charge is 0.239 e. The third-order valence-corrected chi connectivity index (χ3v) is 5.47. The van der Waals surface area contributed by atoms with E-state index in [1.165, 1.54) is 37.9 Å². The van der Waals surface area contributed by atoms with Gasteiger partial charge < -0.3 is 10.2 Å². The molecule has 0 radical (unpaired) electrons. The summed E-state index contributed by atoms with van der Waals surface area (Å²) in [5.41, 5.74) is 2.42. The van der Waals surface area contributed by atoms with Gasteiger partial charge in [-0.15, -0.1) is 11.8 Å². The van der Waals surface area contributed by atoms with Crippen molar-refractivity contribution in [3.63, 3.8) is 0 Å². The highest BCUT2D eigenvalue weighted by Crippen LogP contribution is 2.15. The van der Waals surface area contributed by atoms with E-state index in [4.69, 9.17) is 0 Å². The molecule has 2 fully saturated rings. The molecule has 2 heterocycles. The van der Waals surface area contributed by atoms with Crippen molar-refractivity contribution in [3.05, 3.63) is 35.4 Å². The van der Waals surface area contributed by atoms with E-state index in [2.05, 4.69) is 34.5 Å². The van der Waals surface area contributed by atoms with E-state index >= 15 is 0 Å². The van der Waals surface area contributed by atoms with Crippen molar-refractivity contribution >= 4 is 23.6 Å². The van der Waals surface area contributed by atoms with Crippen LogP contribution in [0.2, 0.25) is 0 Å². The zero-order valence-corrected chi connectivity index (χ0v) is 14.8. The number of amides is 2. The molecular formula is C18H25N3O2S. The monoisotopic (exact) mass is 347 g/mol. The fraction of sp³-hybridized carbons (Fsp3) is 0.556. The SMILES string of the molecule is O=C(CN1CSCC1=O)NCc1ccc(CN2CCCCC2)cc1. The lowest BCUT2D eigenvalue weighted by atomic mass is 10.1. The van der Waals surface area contributed by atoms with Crippen LogP contribution in [-0.4, -0.2) is 52.9 Å². The number of thioether (sulfide) groups is 1. The zero-order chi connectivity index (χ0) is 16.8. The van der Waals surface area contributed by atoms with Crippen molar-refractivity contribution in [1.29, 1.82) is 0 Å². The lowest BCUT2D eigenvalue weighted by Gasteiger charge is -2.26. The molecular weight excluding hydrogens is 322 g/mol. The van der Waals surface area contributed by atoms with Crippen molar-refractivity contribution in [2.45, 2.75) is 32.4 Å². The van der Waals surface area contributed by atoms with Crippen LogP contribution in [0.1, 0.15) is 30.4 Å². The van der Waals surface area contributed by atoms with Crippen molar-refractivity contribution in [1.82, 2.24) is 15.1 Å². The Morgan fingerprint density at radius 2 is 1.79 bits per heavy atom. The predicted octanol–water partition coefficient (Wildman–Crippen LogP) is 1.82. The van der Waals surface area contributed by atoms with Gasteiger partial charge >= 0.3 is 0 Å². The number of likely N-dealkylation sites (tertiary alicyclic amines) is 1. The maximum Gasteiger partial charge on any atom is 0.239 e. The molecule has 2 aliphatic rings. The summed E-state index contributed by atoms with van der Waals surface area (Å²) >= 11 is 1.55. The Morgan fingerprint density at radius 1 is 1.08 bits per heavy atom. The lowest BCUT2D eigenvalue weighted by molar-refractivity contribution is -0.132. The number of hydrogen-bond donors (Lipinski definition) is 1. The second-order valence-electron chi connectivity index (χ2n) is 6.50. The van der Waals surface area contributed by atoms with Crippen LogP contribution in [0.3, 0.4) is 0 Å². The first-order valence-corrected chi connectivity index (χ1v) is 9.78. The van der Waals surface area contributed by atoms with Gasteiger partial charge in [-0.05, 0) is 37.1 Å². The van der Waals surface area contributed by atoms with Gasteiger partial charge in [-0.3, -0.25) is 14.5 Å². The second kappa shape index (κ2) is 8.53. The number of hydrogen-bond acceptors (Lipinski definition) is 4. The topological polar surface area (TPSA) is 52.7 Å². The highest BCUT2D eigenvalue weighted by atomic mass is 32.2. The number of carbonyl (C=O) groups is 2. The minimum Gasteiger partial charge on any atom is -0.350 e. The van der Waals surface area contributed by atoms with Gasteiger partial charge in [0.25, 0.3) is 0 Å². The summed E-state index contributed by atoms with van der Waals surface area (Å²) in [5, 5.41) is 2.89. The summed E-state index contributed by atoms with van der Waals surface area (Å²) in [4.78, 5) is 27.5. The van der Waals surface area contributed by atoms with Gasteiger partial charge in [-0.1, -0.05) is 30.7 Å². The van der Waals surface area contributed by atoms with E-state index in [0.29, 0.717) is 18.2 Å². The number of rotatable bonds is 6. The van der Waals surface area contributed by atoms with E-state index in [-0.39, 0.29) is 18.4 Å². The highest BCUT2D eigenvalue weighted by Gasteiger charge is 2.22. The molecule has 2 saturated heterocycles. The quantitative estimate of drug-likeness (QED) is 0.853. The first-order chi connectivity index (χ1) is 11.7. The molecule has 24 heavy (non-hydrogen) atoms. The van der Waals surface area contributed by atoms with Crippen molar-refractivity contribution in [2.24, 2.45) is 0 Å². The fourth-order valence-corrected chi connectivity index (χ4v) is 4.01. The van der Waals surface area contributed by atoms with Gasteiger partial charge in [-0.25, -0.2) is 0 Å². The minimum absolute atomic E-state index is 0.0530. The van der Waals surface area contributed by atoms with Crippen molar-refractivity contribution < 1.29 is 9.59 Å². The van der Waals surface area contributed by atoms with E-state index in [0.717, 1.165) is 12.1 Å². The molecule has 2 amide bonds. The number of piperidine rings is 1. The van der Waals surface area contributed by atoms with Crippen LogP contribution in [0.25, 0.3) is 0 Å². The largest absolute Gasteiger partial charge is 0.350 e. The average Bonchev–Trinajstić information content (AvgIpc) is 3.00. The predicted molar refractivity (Wildman–Crippen MR) is 96.5 cm³/mol. The van der Waals surface area contributed by atoms with Crippen LogP contribution < -0.4 is 5.32 Å². The van der Waals surface area contributed by atoms with Crippen LogP contribution in [-0.2, 0) is 22.7 Å². The Labute approximate surface area is 147 Å². The van der Waals surface area contributed by atoms with Crippen LogP contribution in [0.4, 0.5) is 0 Å². The Bertz CT molecular complexity index is 570. The molecule has 0 saturated carbocycles. The van der Waals surface area contributed by atoms with Gasteiger partial charge in [0, 0.05) is 13.1 Å². The molecule has 130 valence electrons. The summed E-state index contributed by atoms with van der Waals surface area (Å²) < 4.78 is 0. The van der Waals surface area contributed by atoms with Crippen LogP contribution in [0.5, 0.6) is 0 Å². The molecule has 6 heteroatoms. The van der Waals surface area contributed by atoms with Gasteiger partial charge in [-0.2, -0.15) is 0 Å². The molecule has 5 nitrogen and oxygen atoms in total. The number of carbonyl (C=O) groups excluding carboxylic acids is 2. The van der Waals surface area contributed by atoms with Crippen LogP contribution in [0.15, 0.2) is 24.3 Å². The fourth-order valence-electron chi connectivity index (χ4n) is 3.11. The Balaban J connectivity index is 1.42. The molecule has 0 atom stereocenters. The molecule has 3 rings (SSSR count). The van der Waals surface area contributed by atoms with E-state index in [1.54, 1.807) is 16.7 Å². The lowest BCUT2D eigenvalue weighted by Crippen LogP contribution is -2.37. The third kappa shape index (κ3) is 4.98. The molecule has 0 spiro atoms. The maximum atomic E-state index is 11.9. The summed E-state index contributed by atoms with van der Waals surface area (Å²) in [6, 6.07) is 8.46. The summed E-state index contributed by atoms with van der Waals surface area (Å²) in [6.07, 6.45) is 3.97. The number of nitrogens with one attached hydrogen (secondary N) is 1. The van der Waals surface area contributed by atoms with Gasteiger partial charge in [0.05, 0.1) is 11.6 Å². The van der Waals surface area contributed by atoms with Gasteiger partial charge in [0.15, 0.2) is 0 Å². The minimum atomic E-state index is -0.0942. The number of benzene rings is 1. The third-order valence-electron chi connectivity index (χ3n) is 4.53. The van der Waals surface area contributed by atoms with Gasteiger partial charge in [0.1, 0.15) is 6.54 Å². The Kier molecular flexibility index (Phi) is 6.15. The second-order valence-corrected chi connectivity index (χ2v) is 7.45. The van der Waals surface area contributed by atoms with Gasteiger partial charge in [0.2, 0.25) is 11.8 Å². The number of nitrogens with zero attached hydrogens (tertiary/aromatic N) is 2. The molecule has 2 aliphatic heterocycles. The Morgan fingerprint density at radius 3 is 2.46 bits per heavy atom. The van der Waals surface area contributed by atoms with E-state index < -0.39 is 0 Å².